The van der Waals surface area contributed by atoms with Gasteiger partial charge in [-0.05, 0) is 32.5 Å². The lowest BCUT2D eigenvalue weighted by Crippen LogP contribution is -2.33. The maximum Gasteiger partial charge on any atom is 0.262 e. The Labute approximate surface area is 94.6 Å². The van der Waals surface area contributed by atoms with E-state index >= 15 is 0 Å². The van der Waals surface area contributed by atoms with E-state index in [1.54, 1.807) is 0 Å². The van der Waals surface area contributed by atoms with Gasteiger partial charge in [0.25, 0.3) is 5.17 Å². The Balaban J connectivity index is 2.34. The highest BCUT2D eigenvalue weighted by Gasteiger charge is 2.25. The maximum absolute atomic E-state index is 5.41. The van der Waals surface area contributed by atoms with Crippen LogP contribution in [0.4, 0.5) is 0 Å². The van der Waals surface area contributed by atoms with Crippen LogP contribution in [-0.2, 0) is 0 Å². The van der Waals surface area contributed by atoms with E-state index in [1.807, 2.05) is 17.8 Å². The van der Waals surface area contributed by atoms with E-state index in [0.29, 0.717) is 11.2 Å². The monoisotopic (exact) mass is 225 g/mol. The second kappa shape index (κ2) is 3.81. The minimum absolute atomic E-state index is 0.131. The molecule has 2 unspecified atom stereocenters. The van der Waals surface area contributed by atoms with Crippen molar-refractivity contribution in [2.75, 3.05) is 0 Å². The number of thiocarbonyl (C=S) groups is 1. The van der Waals surface area contributed by atoms with E-state index in [0.717, 1.165) is 17.9 Å². The molecule has 15 heavy (non-hydrogen) atoms. The molecular formula is C10H15N3OS. The highest BCUT2D eigenvalue weighted by atomic mass is 32.1. The first-order chi connectivity index (χ1) is 7.11. The molecule has 2 atom stereocenters. The van der Waals surface area contributed by atoms with Gasteiger partial charge in [-0.3, -0.25) is 4.68 Å². The summed E-state index contributed by atoms with van der Waals surface area (Å²) in [7, 11) is 0. The molecule has 1 aromatic heterocycles. The van der Waals surface area contributed by atoms with Crippen LogP contribution in [0.2, 0.25) is 0 Å². The number of rotatable bonds is 2. The van der Waals surface area contributed by atoms with Gasteiger partial charge in [-0.15, -0.1) is 0 Å². The van der Waals surface area contributed by atoms with Gasteiger partial charge >= 0.3 is 0 Å². The largest absolute Gasteiger partial charge is 0.428 e. The molecule has 0 bridgehead atoms. The predicted octanol–water partition coefficient (Wildman–Crippen LogP) is 2.18. The molecule has 5 heteroatoms. The molecule has 0 radical (unpaired) electrons. The van der Waals surface area contributed by atoms with Crippen molar-refractivity contribution in [2.24, 2.45) is 0 Å². The summed E-state index contributed by atoms with van der Waals surface area (Å²) in [6.45, 7) is 6.30. The second-order valence-corrected chi connectivity index (χ2v) is 4.24. The molecule has 0 amide bonds. The zero-order chi connectivity index (χ0) is 11.0. The number of nitrogens with zero attached hydrogens (tertiary/aromatic N) is 2. The topological polar surface area (TPSA) is 39.1 Å². The van der Waals surface area contributed by atoms with Gasteiger partial charge in [0.15, 0.2) is 5.75 Å². The SMILES string of the molecule is CCC(C)n1cc2c(n1)C(C)NC(=S)O2. The molecule has 1 aromatic rings. The normalized spacial score (nSPS) is 21.5. The fourth-order valence-electron chi connectivity index (χ4n) is 1.55. The van der Waals surface area contributed by atoms with Gasteiger partial charge < -0.3 is 10.1 Å². The smallest absolute Gasteiger partial charge is 0.262 e. The van der Waals surface area contributed by atoms with Crippen molar-refractivity contribution in [3.8, 4) is 5.75 Å². The molecule has 0 spiro atoms. The summed E-state index contributed by atoms with van der Waals surface area (Å²) in [5.41, 5.74) is 0.934. The number of ether oxygens (including phenoxy) is 1. The van der Waals surface area contributed by atoms with Crippen LogP contribution in [0.1, 0.15) is 45.0 Å². The Hall–Kier alpha value is -1.10. The highest BCUT2D eigenvalue weighted by molar-refractivity contribution is 7.80. The van der Waals surface area contributed by atoms with Crippen molar-refractivity contribution in [1.82, 2.24) is 15.1 Å². The zero-order valence-corrected chi connectivity index (χ0v) is 9.97. The second-order valence-electron chi connectivity index (χ2n) is 3.87. The summed E-state index contributed by atoms with van der Waals surface area (Å²) in [5, 5.41) is 7.97. The van der Waals surface area contributed by atoms with Crippen LogP contribution in [-0.4, -0.2) is 15.0 Å². The Morgan fingerprint density at radius 3 is 3.13 bits per heavy atom. The van der Waals surface area contributed by atoms with Crippen molar-refractivity contribution in [1.29, 1.82) is 0 Å². The molecule has 2 rings (SSSR count). The predicted molar refractivity (Wildman–Crippen MR) is 62.0 cm³/mol. The number of hydrogen-bond acceptors (Lipinski definition) is 3. The number of fused-ring (bicyclic) bond motifs is 1. The molecule has 0 fully saturated rings. The van der Waals surface area contributed by atoms with Gasteiger partial charge in [0, 0.05) is 6.04 Å². The zero-order valence-electron chi connectivity index (χ0n) is 9.15. The third-order valence-corrected chi connectivity index (χ3v) is 2.92. The fraction of sp³-hybridized carbons (Fsp3) is 0.600. The minimum Gasteiger partial charge on any atom is -0.428 e. The molecule has 0 aromatic carbocycles. The fourth-order valence-corrected chi connectivity index (χ4v) is 1.82. The van der Waals surface area contributed by atoms with Crippen LogP contribution in [0, 0.1) is 0 Å². The molecule has 4 nitrogen and oxygen atoms in total. The van der Waals surface area contributed by atoms with Gasteiger partial charge in [-0.1, -0.05) is 6.92 Å². The van der Waals surface area contributed by atoms with Crippen molar-refractivity contribution in [3.63, 3.8) is 0 Å². The number of nitrogens with one attached hydrogen (secondary N) is 1. The van der Waals surface area contributed by atoms with Gasteiger partial charge in [0.2, 0.25) is 0 Å². The minimum atomic E-state index is 0.131. The molecule has 82 valence electrons. The Bertz CT molecular complexity index is 388. The van der Waals surface area contributed by atoms with Crippen LogP contribution in [0.5, 0.6) is 5.75 Å². The highest BCUT2D eigenvalue weighted by Crippen LogP contribution is 2.29. The quantitative estimate of drug-likeness (QED) is 0.783. The maximum atomic E-state index is 5.41. The lowest BCUT2D eigenvalue weighted by Gasteiger charge is -2.20. The van der Waals surface area contributed by atoms with Crippen LogP contribution in [0.25, 0.3) is 0 Å². The lowest BCUT2D eigenvalue weighted by atomic mass is 10.2. The van der Waals surface area contributed by atoms with Crippen molar-refractivity contribution in [2.45, 2.75) is 39.3 Å². The standard InChI is InChI=1S/C10H15N3OS/c1-4-6(2)13-5-8-9(12-13)7(3)11-10(15)14-8/h5-7H,4H2,1-3H3,(H,11,15). The Morgan fingerprint density at radius 1 is 1.73 bits per heavy atom. The first kappa shape index (κ1) is 10.4. The molecule has 2 heterocycles. The average Bonchev–Trinajstić information content (AvgIpc) is 2.60. The van der Waals surface area contributed by atoms with Crippen LogP contribution in [0.15, 0.2) is 6.20 Å². The van der Waals surface area contributed by atoms with Gasteiger partial charge in [0.1, 0.15) is 5.69 Å². The molecule has 0 saturated heterocycles. The molecule has 0 aliphatic carbocycles. The summed E-state index contributed by atoms with van der Waals surface area (Å²) >= 11 is 4.99. The van der Waals surface area contributed by atoms with Crippen molar-refractivity contribution < 1.29 is 4.74 Å². The van der Waals surface area contributed by atoms with Gasteiger partial charge in [0.05, 0.1) is 12.2 Å². The first-order valence-electron chi connectivity index (χ1n) is 5.19. The van der Waals surface area contributed by atoms with Gasteiger partial charge in [-0.25, -0.2) is 0 Å². The summed E-state index contributed by atoms with van der Waals surface area (Å²) in [6, 6.07) is 0.520. The van der Waals surface area contributed by atoms with E-state index in [-0.39, 0.29) is 6.04 Å². The molecule has 0 saturated carbocycles. The average molecular weight is 225 g/mol. The lowest BCUT2D eigenvalue weighted by molar-refractivity contribution is 0.458. The van der Waals surface area contributed by atoms with E-state index in [4.69, 9.17) is 17.0 Å². The van der Waals surface area contributed by atoms with Gasteiger partial charge in [-0.2, -0.15) is 5.10 Å². The van der Waals surface area contributed by atoms with Crippen LogP contribution < -0.4 is 10.1 Å². The molecule has 1 aliphatic heterocycles. The summed E-state index contributed by atoms with van der Waals surface area (Å²) in [5.74, 6) is 0.784. The van der Waals surface area contributed by atoms with Crippen LogP contribution >= 0.6 is 12.2 Å². The summed E-state index contributed by atoms with van der Waals surface area (Å²) in [6.07, 6.45) is 2.97. The van der Waals surface area contributed by atoms with E-state index < -0.39 is 0 Å². The van der Waals surface area contributed by atoms with E-state index in [9.17, 15) is 0 Å². The van der Waals surface area contributed by atoms with Crippen molar-refractivity contribution in [3.05, 3.63) is 11.9 Å². The molecule has 1 aliphatic rings. The third kappa shape index (κ3) is 1.84. The van der Waals surface area contributed by atoms with Crippen LogP contribution in [0.3, 0.4) is 0 Å². The summed E-state index contributed by atoms with van der Waals surface area (Å²) in [4.78, 5) is 0. The molecule has 1 N–H and O–H groups in total. The number of aromatic nitrogens is 2. The van der Waals surface area contributed by atoms with E-state index in [1.165, 1.54) is 0 Å². The van der Waals surface area contributed by atoms with E-state index in [2.05, 4.69) is 24.3 Å². The molecular weight excluding hydrogens is 210 g/mol. The third-order valence-electron chi connectivity index (χ3n) is 2.71. The Kier molecular flexibility index (Phi) is 2.65. The van der Waals surface area contributed by atoms with Crippen molar-refractivity contribution >= 4 is 17.4 Å². The number of hydrogen-bond donors (Lipinski definition) is 1. The summed E-state index contributed by atoms with van der Waals surface area (Å²) < 4.78 is 7.36. The Morgan fingerprint density at radius 2 is 2.47 bits per heavy atom. The first-order valence-corrected chi connectivity index (χ1v) is 5.60.